The molecule has 160 valence electrons. The van der Waals surface area contributed by atoms with Gasteiger partial charge in [-0.2, -0.15) is 0 Å². The minimum absolute atomic E-state index is 0.0511. The molecule has 1 aliphatic carbocycles. The van der Waals surface area contributed by atoms with Gasteiger partial charge in [-0.25, -0.2) is 0 Å². The van der Waals surface area contributed by atoms with E-state index < -0.39 is 0 Å². The number of hydrogen-bond acceptors (Lipinski definition) is 7. The van der Waals surface area contributed by atoms with E-state index in [4.69, 9.17) is 9.26 Å². The number of hydrogen-bond donors (Lipinski definition) is 1. The molecule has 0 saturated carbocycles. The molecular weight excluding hydrogens is 394 g/mol. The molecule has 1 aliphatic heterocycles. The first-order chi connectivity index (χ1) is 15.0. The number of rotatable bonds is 5. The number of nitrogens with one attached hydrogen (secondary N) is 1. The van der Waals surface area contributed by atoms with E-state index in [-0.39, 0.29) is 18.4 Å². The molecule has 1 aromatic heterocycles. The van der Waals surface area contributed by atoms with E-state index in [9.17, 15) is 9.59 Å². The van der Waals surface area contributed by atoms with Gasteiger partial charge in [-0.05, 0) is 24.8 Å². The number of ether oxygens (including phenoxy) is 1. The molecule has 3 aromatic rings. The number of esters is 1. The monoisotopic (exact) mass is 419 g/mol. The Bertz CT molecular complexity index is 1180. The average Bonchev–Trinajstić information content (AvgIpc) is 3.20. The molecule has 1 fully saturated rings. The van der Waals surface area contributed by atoms with Crippen molar-refractivity contribution < 1.29 is 18.8 Å². The van der Waals surface area contributed by atoms with Crippen LogP contribution in [0, 0.1) is 5.92 Å². The first-order valence-corrected chi connectivity index (χ1v) is 10.8. The van der Waals surface area contributed by atoms with E-state index in [1.165, 1.54) is 13.3 Å². The largest absolute Gasteiger partial charge is 0.464 e. The van der Waals surface area contributed by atoms with Crippen molar-refractivity contribution >= 4 is 34.0 Å². The maximum Gasteiger partial charge on any atom is 0.302 e. The van der Waals surface area contributed by atoms with Crippen LogP contribution in [0.15, 0.2) is 34.9 Å². The number of piperidine rings is 1. The summed E-state index contributed by atoms with van der Waals surface area (Å²) in [5, 5.41) is 8.50. The second-order valence-corrected chi connectivity index (χ2v) is 8.39. The Morgan fingerprint density at radius 1 is 1.32 bits per heavy atom. The molecule has 1 saturated heterocycles. The topological polar surface area (TPSA) is 84.7 Å². The Balaban J connectivity index is 1.65. The highest BCUT2D eigenvalue weighted by Crippen LogP contribution is 2.46. The van der Waals surface area contributed by atoms with Crippen molar-refractivity contribution in [2.24, 2.45) is 5.92 Å². The molecule has 2 aliphatic rings. The molecule has 2 aromatic carbocycles. The minimum atomic E-state index is -0.326. The fourth-order valence-electron chi connectivity index (χ4n) is 4.71. The minimum Gasteiger partial charge on any atom is -0.464 e. The molecule has 0 bridgehead atoms. The van der Waals surface area contributed by atoms with Gasteiger partial charge in [-0.15, -0.1) is 0 Å². The summed E-state index contributed by atoms with van der Waals surface area (Å²) >= 11 is 0. The molecule has 1 N–H and O–H groups in total. The molecule has 31 heavy (non-hydrogen) atoms. The maximum absolute atomic E-state index is 13.5. The molecule has 0 unspecified atom stereocenters. The van der Waals surface area contributed by atoms with Crippen molar-refractivity contribution in [3.8, 4) is 11.3 Å². The van der Waals surface area contributed by atoms with Crippen molar-refractivity contribution in [1.82, 2.24) is 5.16 Å². The van der Waals surface area contributed by atoms with Crippen LogP contribution in [-0.4, -0.2) is 43.2 Å². The van der Waals surface area contributed by atoms with Gasteiger partial charge in [0, 0.05) is 43.4 Å². The van der Waals surface area contributed by atoms with Gasteiger partial charge in [0.2, 0.25) is 0 Å². The van der Waals surface area contributed by atoms with Crippen molar-refractivity contribution in [1.29, 1.82) is 0 Å². The smallest absolute Gasteiger partial charge is 0.302 e. The Labute approximate surface area is 180 Å². The number of anilines is 2. The lowest BCUT2D eigenvalue weighted by molar-refractivity contribution is -0.140. The van der Waals surface area contributed by atoms with Crippen LogP contribution >= 0.6 is 0 Å². The van der Waals surface area contributed by atoms with Crippen molar-refractivity contribution in [3.63, 3.8) is 0 Å². The number of carbonyl (C=O) groups excluding carboxylic acids is 2. The first kappa shape index (κ1) is 19.6. The van der Waals surface area contributed by atoms with E-state index in [1.807, 2.05) is 30.3 Å². The molecule has 0 spiro atoms. The highest BCUT2D eigenvalue weighted by Gasteiger charge is 2.34. The number of fused-ring (bicyclic) bond motifs is 2. The first-order valence-electron chi connectivity index (χ1n) is 10.8. The summed E-state index contributed by atoms with van der Waals surface area (Å²) in [5.41, 5.74) is 4.38. The number of nitrogens with zero attached hydrogens (tertiary/aromatic N) is 2. The Kier molecular flexibility index (Phi) is 4.88. The zero-order chi connectivity index (χ0) is 21.5. The number of ketones is 1. The molecule has 0 radical (unpaired) electrons. The Morgan fingerprint density at radius 3 is 2.90 bits per heavy atom. The molecule has 0 amide bonds. The lowest BCUT2D eigenvalue weighted by Crippen LogP contribution is -2.34. The number of benzene rings is 2. The third kappa shape index (κ3) is 3.34. The van der Waals surface area contributed by atoms with E-state index in [1.54, 1.807) is 0 Å². The molecular formula is C24H25N3O4. The van der Waals surface area contributed by atoms with Gasteiger partial charge in [0.15, 0.2) is 11.5 Å². The fraction of sp³-hybridized carbons (Fsp3) is 0.375. The van der Waals surface area contributed by atoms with Crippen LogP contribution < -0.4 is 10.2 Å². The van der Waals surface area contributed by atoms with Gasteiger partial charge in [0.1, 0.15) is 12.1 Å². The second-order valence-electron chi connectivity index (χ2n) is 8.39. The third-order valence-electron chi connectivity index (χ3n) is 6.10. The van der Waals surface area contributed by atoms with E-state index in [0.29, 0.717) is 29.3 Å². The lowest BCUT2D eigenvalue weighted by Gasteiger charge is -2.33. The van der Waals surface area contributed by atoms with Gasteiger partial charge >= 0.3 is 5.97 Å². The lowest BCUT2D eigenvalue weighted by atomic mass is 9.86. The van der Waals surface area contributed by atoms with Gasteiger partial charge in [-0.3, -0.25) is 9.59 Å². The summed E-state index contributed by atoms with van der Waals surface area (Å²) in [4.78, 5) is 26.9. The summed E-state index contributed by atoms with van der Waals surface area (Å²) in [6.07, 6.45) is 2.33. The summed E-state index contributed by atoms with van der Waals surface area (Å²) in [6, 6.07) is 9.48. The van der Waals surface area contributed by atoms with E-state index >= 15 is 0 Å². The highest BCUT2D eigenvalue weighted by molar-refractivity contribution is 6.28. The third-order valence-corrected chi connectivity index (χ3v) is 6.10. The standard InChI is InChI=1S/C24H25N3O4/c1-14-6-5-10-27(13-14)19-12-18(25-9-11-30-15(2)28)20-21-22(19)26-31-24(21)17-8-4-3-7-16(17)23(20)29/h3-4,7-8,12,14,25H,5-6,9-11,13H2,1-2H3/t14-/m1/s1. The van der Waals surface area contributed by atoms with Gasteiger partial charge in [0.05, 0.1) is 16.6 Å². The van der Waals surface area contributed by atoms with Crippen LogP contribution in [-0.2, 0) is 9.53 Å². The normalized spacial score (nSPS) is 17.5. The van der Waals surface area contributed by atoms with Crippen LogP contribution in [0.3, 0.4) is 0 Å². The number of aromatic nitrogens is 1. The summed E-state index contributed by atoms with van der Waals surface area (Å²) < 4.78 is 10.9. The summed E-state index contributed by atoms with van der Waals surface area (Å²) in [6.45, 7) is 6.16. The Morgan fingerprint density at radius 2 is 2.13 bits per heavy atom. The van der Waals surface area contributed by atoms with Gasteiger partial charge in [-0.1, -0.05) is 36.3 Å². The van der Waals surface area contributed by atoms with E-state index in [2.05, 4.69) is 22.3 Å². The summed E-state index contributed by atoms with van der Waals surface area (Å²) in [5.74, 6) is 0.846. The summed E-state index contributed by atoms with van der Waals surface area (Å²) in [7, 11) is 0. The van der Waals surface area contributed by atoms with Crippen LogP contribution in [0.2, 0.25) is 0 Å². The predicted molar refractivity (Wildman–Crippen MR) is 119 cm³/mol. The quantitative estimate of drug-likeness (QED) is 0.382. The van der Waals surface area contributed by atoms with Crippen LogP contribution in [0.5, 0.6) is 0 Å². The molecule has 2 heterocycles. The molecule has 7 heteroatoms. The average molecular weight is 419 g/mol. The fourth-order valence-corrected chi connectivity index (χ4v) is 4.71. The zero-order valence-electron chi connectivity index (χ0n) is 17.7. The van der Waals surface area contributed by atoms with Crippen molar-refractivity contribution in [2.75, 3.05) is 36.5 Å². The molecule has 7 nitrogen and oxygen atoms in total. The van der Waals surface area contributed by atoms with Crippen molar-refractivity contribution in [3.05, 3.63) is 41.5 Å². The zero-order valence-corrected chi connectivity index (χ0v) is 17.7. The van der Waals surface area contributed by atoms with Crippen LogP contribution in [0.25, 0.3) is 22.2 Å². The SMILES string of the molecule is CC(=O)OCCNc1cc(N2CCC[C@@H](C)C2)c2noc3c2c1C(=O)c1ccccc1-3. The van der Waals surface area contributed by atoms with Crippen LogP contribution in [0.4, 0.5) is 11.4 Å². The van der Waals surface area contributed by atoms with E-state index in [0.717, 1.165) is 47.4 Å². The van der Waals surface area contributed by atoms with Crippen LogP contribution in [0.1, 0.15) is 42.6 Å². The molecule has 5 rings (SSSR count). The maximum atomic E-state index is 13.5. The Hall–Kier alpha value is -3.35. The van der Waals surface area contributed by atoms with Crippen molar-refractivity contribution in [2.45, 2.75) is 26.7 Å². The van der Waals surface area contributed by atoms with Gasteiger partial charge in [0.25, 0.3) is 0 Å². The predicted octanol–water partition coefficient (Wildman–Crippen LogP) is 4.25. The highest BCUT2D eigenvalue weighted by atomic mass is 16.5. The number of carbonyl (C=O) groups is 2. The van der Waals surface area contributed by atoms with Gasteiger partial charge < -0.3 is 19.5 Å². The molecule has 1 atom stereocenters. The second kappa shape index (κ2) is 7.72.